The zero-order valence-corrected chi connectivity index (χ0v) is 12.5. The van der Waals surface area contributed by atoms with Gasteiger partial charge < -0.3 is 45.0 Å². The van der Waals surface area contributed by atoms with Gasteiger partial charge in [0, 0.05) is 39.0 Å². The molecule has 11 heteroatoms. The van der Waals surface area contributed by atoms with Crippen molar-refractivity contribution in [1.29, 1.82) is 0 Å². The van der Waals surface area contributed by atoms with Crippen molar-refractivity contribution in [3.05, 3.63) is 0 Å². The van der Waals surface area contributed by atoms with Crippen LogP contribution in [0.3, 0.4) is 0 Å². The Balaban J connectivity index is -0.0000000270. The van der Waals surface area contributed by atoms with Crippen LogP contribution >= 0.6 is 0 Å². The number of carbonyl (C=O) groups excluding carboxylic acids is 3. The zero-order chi connectivity index (χ0) is 10.7. The van der Waals surface area contributed by atoms with Crippen molar-refractivity contribution >= 4 is 18.5 Å². The van der Waals surface area contributed by atoms with E-state index in [1.54, 1.807) is 0 Å². The van der Waals surface area contributed by atoms with Gasteiger partial charge in [0.1, 0.15) is 0 Å². The molecule has 0 rings (SSSR count). The average molecular weight is 311 g/mol. The normalized spacial score (nSPS) is 5.14. The van der Waals surface area contributed by atoms with E-state index in [0.29, 0.717) is 0 Å². The van der Waals surface area contributed by atoms with Gasteiger partial charge in [-0.15, -0.1) is 0 Å². The molecule has 0 aromatic carbocycles. The Bertz CT molecular complexity index is 116. The van der Waals surface area contributed by atoms with E-state index in [9.17, 15) is 0 Å². The van der Waals surface area contributed by atoms with E-state index in [2.05, 4.69) is 0 Å². The molecule has 0 aromatic rings. The molecule has 0 saturated heterocycles. The molecule has 14 heavy (non-hydrogen) atoms. The Morgan fingerprint density at radius 2 is 0.500 bits per heavy atom. The van der Waals surface area contributed by atoms with Crippen LogP contribution in [0.15, 0.2) is 0 Å². The molecule has 0 aromatic heterocycles. The summed E-state index contributed by atoms with van der Waals surface area (Å²) in [5.74, 6) is 0. The summed E-state index contributed by atoms with van der Waals surface area (Å²) in [7, 11) is 0. The minimum absolute atomic E-state index is 0. The van der Waals surface area contributed by atoms with E-state index < -0.39 is 18.5 Å². The predicted molar refractivity (Wildman–Crippen MR) is 16.2 cm³/mol. The number of hydrogen-bond acceptors (Lipinski definition) is 9. The summed E-state index contributed by atoms with van der Waals surface area (Å²) in [6.45, 7) is 0. The fraction of sp³-hybridized carbons (Fsp3) is 0. The Labute approximate surface area is 102 Å². The fourth-order valence-corrected chi connectivity index (χ4v) is 0. The molecule has 0 aliphatic heterocycles. The molecule has 0 N–H and O–H groups in total. The maximum atomic E-state index is 8.33. The molecule has 0 heterocycles. The van der Waals surface area contributed by atoms with Crippen molar-refractivity contribution in [3.8, 4) is 0 Å². The number of hydrogen-bond donors (Lipinski definition) is 0. The van der Waals surface area contributed by atoms with E-state index in [0.717, 1.165) is 0 Å². The van der Waals surface area contributed by atoms with Crippen molar-refractivity contribution in [2.75, 3.05) is 0 Å². The fourth-order valence-electron chi connectivity index (χ4n) is 0. The number of carbonyl (C=O) groups is 3. The van der Waals surface area contributed by atoms with Gasteiger partial charge >= 0.3 is 0 Å². The average Bonchev–Trinajstić information content (AvgIpc) is 1.54. The Morgan fingerprint density at radius 3 is 0.500 bits per heavy atom. The molecule has 0 atom stereocenters. The summed E-state index contributed by atoms with van der Waals surface area (Å²) in [5.41, 5.74) is 0. The smallest absolute Gasteiger partial charge is 0 e. The molecule has 9 nitrogen and oxygen atoms in total. The maximum Gasteiger partial charge on any atom is 0 e. The summed E-state index contributed by atoms with van der Waals surface area (Å²) in [4.78, 5) is 25.0. The van der Waals surface area contributed by atoms with Crippen molar-refractivity contribution in [3.63, 3.8) is 0 Å². The Hall–Kier alpha value is -0.943. The number of rotatable bonds is 0. The molecule has 0 bridgehead atoms. The SMILES string of the molecule is O=C([O-])[O-].O=C([O-])[O-].O=C([O-])[O-].[Zn].[Zn]. The van der Waals surface area contributed by atoms with Gasteiger partial charge in [-0.05, 0) is 18.5 Å². The van der Waals surface area contributed by atoms with Crippen LogP contribution < -0.4 is 30.6 Å². The summed E-state index contributed by atoms with van der Waals surface area (Å²) < 4.78 is 0. The summed E-state index contributed by atoms with van der Waals surface area (Å²) in [6.07, 6.45) is -7.00. The first-order valence-electron chi connectivity index (χ1n) is 1.84. The second-order valence-electron chi connectivity index (χ2n) is 0.750. The first-order valence-corrected chi connectivity index (χ1v) is 1.84. The molecule has 0 fully saturated rings. The van der Waals surface area contributed by atoms with Gasteiger partial charge in [-0.2, -0.15) is 0 Å². The summed E-state index contributed by atoms with van der Waals surface area (Å²) in [5, 5.41) is 50.0. The van der Waals surface area contributed by atoms with Crippen LogP contribution in [0.2, 0.25) is 0 Å². The van der Waals surface area contributed by atoms with E-state index in [4.69, 9.17) is 45.0 Å². The van der Waals surface area contributed by atoms with Gasteiger partial charge in [-0.25, -0.2) is 0 Å². The molecule has 0 saturated carbocycles. The van der Waals surface area contributed by atoms with E-state index in [1.165, 1.54) is 0 Å². The second kappa shape index (κ2) is 22.7. The maximum absolute atomic E-state index is 8.33. The van der Waals surface area contributed by atoms with E-state index >= 15 is 0 Å². The van der Waals surface area contributed by atoms with Crippen molar-refractivity contribution in [2.45, 2.75) is 0 Å². The monoisotopic (exact) mass is 308 g/mol. The van der Waals surface area contributed by atoms with Crippen molar-refractivity contribution in [2.24, 2.45) is 0 Å². The van der Waals surface area contributed by atoms with Gasteiger partial charge in [0.25, 0.3) is 0 Å². The molecular formula is C3O9Zn2-6. The minimum atomic E-state index is -2.33. The second-order valence-corrected chi connectivity index (χ2v) is 0.750. The van der Waals surface area contributed by atoms with Crippen LogP contribution in [0.25, 0.3) is 0 Å². The first kappa shape index (κ1) is 29.2. The van der Waals surface area contributed by atoms with Gasteiger partial charge in [0.2, 0.25) is 0 Å². The number of carboxylic acid groups (broad SMARTS) is 6. The first-order chi connectivity index (χ1) is 5.20. The molecule has 0 spiro atoms. The van der Waals surface area contributed by atoms with Crippen LogP contribution in [-0.2, 0) is 39.0 Å². The van der Waals surface area contributed by atoms with Crippen LogP contribution in [0, 0.1) is 0 Å². The molecule has 0 amide bonds. The third-order valence-corrected chi connectivity index (χ3v) is 0. The molecular weight excluding hydrogens is 311 g/mol. The van der Waals surface area contributed by atoms with Gasteiger partial charge in [0.15, 0.2) is 0 Å². The molecule has 0 aliphatic rings. The van der Waals surface area contributed by atoms with Crippen molar-refractivity contribution < 1.29 is 84.0 Å². The standard InChI is InChI=1S/3CH2O3.2Zn/c3*2-1(3)4;;/h3*(H2,2,3,4);;/p-6. The van der Waals surface area contributed by atoms with Gasteiger partial charge in [-0.3, -0.25) is 0 Å². The van der Waals surface area contributed by atoms with Crippen LogP contribution in [0.1, 0.15) is 0 Å². The van der Waals surface area contributed by atoms with E-state index in [1.807, 2.05) is 0 Å². The third-order valence-electron chi connectivity index (χ3n) is 0. The van der Waals surface area contributed by atoms with Crippen LogP contribution in [0.4, 0.5) is 14.4 Å². The van der Waals surface area contributed by atoms with E-state index in [-0.39, 0.29) is 39.0 Å². The Kier molecular flexibility index (Phi) is 47.4. The van der Waals surface area contributed by atoms with Crippen molar-refractivity contribution in [1.82, 2.24) is 0 Å². The summed E-state index contributed by atoms with van der Waals surface area (Å²) >= 11 is 0. The van der Waals surface area contributed by atoms with Crippen LogP contribution in [-0.4, -0.2) is 18.5 Å². The topological polar surface area (TPSA) is 190 Å². The Morgan fingerprint density at radius 1 is 0.500 bits per heavy atom. The van der Waals surface area contributed by atoms with Crippen LogP contribution in [0.5, 0.6) is 0 Å². The quantitative estimate of drug-likeness (QED) is 0.391. The minimum Gasteiger partial charge on any atom is -0.652 e. The largest absolute Gasteiger partial charge is 0.652 e. The van der Waals surface area contributed by atoms with Gasteiger partial charge in [0.05, 0.1) is 0 Å². The predicted octanol–water partition coefficient (Wildman–Crippen LogP) is -7.35. The summed E-state index contributed by atoms with van der Waals surface area (Å²) in [6, 6.07) is 0. The van der Waals surface area contributed by atoms with Gasteiger partial charge in [-0.1, -0.05) is 0 Å². The third kappa shape index (κ3) is 1260. The molecule has 0 radical (unpaired) electrons. The zero-order valence-electron chi connectivity index (χ0n) is 6.59. The molecule has 0 aliphatic carbocycles. The molecule has 0 unspecified atom stereocenters. The molecule has 76 valence electrons.